The van der Waals surface area contributed by atoms with Crippen molar-refractivity contribution in [1.82, 2.24) is 10.3 Å². The smallest absolute Gasteiger partial charge is 0.252 e. The maximum Gasteiger partial charge on any atom is 0.252 e. The molecule has 0 fully saturated rings. The molecule has 128 valence electrons. The fourth-order valence-corrected chi connectivity index (χ4v) is 3.21. The van der Waals surface area contributed by atoms with Crippen molar-refractivity contribution in [2.75, 3.05) is 13.2 Å². The summed E-state index contributed by atoms with van der Waals surface area (Å²) in [5.74, 6) is -0.209. The molecule has 0 aliphatic heterocycles. The fraction of sp³-hybridized carbons (Fsp3) is 0.0909. The molecule has 26 heavy (non-hydrogen) atoms. The van der Waals surface area contributed by atoms with Crippen LogP contribution in [0.25, 0.3) is 32.9 Å². The Hall–Kier alpha value is -3.24. The van der Waals surface area contributed by atoms with Crippen molar-refractivity contribution in [1.29, 1.82) is 0 Å². The molecular weight excluding hydrogens is 324 g/mol. The predicted molar refractivity (Wildman–Crippen MR) is 104 cm³/mol. The molecule has 1 heterocycles. The topological polar surface area (TPSA) is 62.2 Å². The van der Waals surface area contributed by atoms with E-state index in [2.05, 4.69) is 23.5 Å². The summed E-state index contributed by atoms with van der Waals surface area (Å²) >= 11 is 0. The molecule has 4 nitrogen and oxygen atoms in total. The first kappa shape index (κ1) is 16.2. The molecule has 0 radical (unpaired) electrons. The summed E-state index contributed by atoms with van der Waals surface area (Å²) in [6.07, 6.45) is 0. The second-order valence-corrected chi connectivity index (χ2v) is 6.08. The molecule has 0 bridgehead atoms. The van der Waals surface area contributed by atoms with Gasteiger partial charge < -0.3 is 10.4 Å². The van der Waals surface area contributed by atoms with Gasteiger partial charge in [-0.1, -0.05) is 60.7 Å². The number of aliphatic hydroxyl groups excluding tert-OH is 1. The SMILES string of the molecule is O=C(NCCO)c1cc(-c2cccc3ccccc23)nc2ccccc12. The highest BCUT2D eigenvalue weighted by Crippen LogP contribution is 2.30. The number of fused-ring (bicyclic) bond motifs is 2. The van der Waals surface area contributed by atoms with E-state index < -0.39 is 0 Å². The third-order valence-corrected chi connectivity index (χ3v) is 4.42. The van der Waals surface area contributed by atoms with Crippen LogP contribution < -0.4 is 5.32 Å². The van der Waals surface area contributed by atoms with Gasteiger partial charge in [0.2, 0.25) is 0 Å². The minimum Gasteiger partial charge on any atom is -0.395 e. The monoisotopic (exact) mass is 342 g/mol. The van der Waals surface area contributed by atoms with E-state index in [0.717, 1.165) is 32.9 Å². The molecule has 1 amide bonds. The number of amides is 1. The molecule has 0 spiro atoms. The lowest BCUT2D eigenvalue weighted by atomic mass is 9.99. The van der Waals surface area contributed by atoms with Gasteiger partial charge in [-0.25, -0.2) is 4.98 Å². The number of pyridine rings is 1. The standard InChI is InChI=1S/C22H18N2O2/c25-13-12-23-22(26)19-14-21(24-20-11-4-3-9-18(19)20)17-10-5-7-15-6-1-2-8-16(15)17/h1-11,14,25H,12-13H2,(H,23,26). The molecule has 4 rings (SSSR count). The molecule has 2 N–H and O–H groups in total. The van der Waals surface area contributed by atoms with Crippen molar-refractivity contribution in [3.05, 3.63) is 78.4 Å². The Labute approximate surface area is 151 Å². The average molecular weight is 342 g/mol. The fourth-order valence-electron chi connectivity index (χ4n) is 3.21. The lowest BCUT2D eigenvalue weighted by Gasteiger charge is -2.11. The normalized spacial score (nSPS) is 11.0. The molecule has 0 aliphatic carbocycles. The maximum atomic E-state index is 12.6. The number of nitrogens with one attached hydrogen (secondary N) is 1. The highest BCUT2D eigenvalue weighted by Gasteiger charge is 2.14. The Morgan fingerprint density at radius 2 is 1.65 bits per heavy atom. The predicted octanol–water partition coefficient (Wildman–Crippen LogP) is 3.78. The first-order valence-corrected chi connectivity index (χ1v) is 8.55. The molecular formula is C22H18N2O2. The van der Waals surface area contributed by atoms with E-state index in [0.29, 0.717) is 5.56 Å². The van der Waals surface area contributed by atoms with E-state index >= 15 is 0 Å². The zero-order valence-electron chi connectivity index (χ0n) is 14.1. The van der Waals surface area contributed by atoms with Crippen LogP contribution >= 0.6 is 0 Å². The van der Waals surface area contributed by atoms with Gasteiger partial charge in [0.15, 0.2) is 0 Å². The van der Waals surface area contributed by atoms with Crippen molar-refractivity contribution >= 4 is 27.6 Å². The summed E-state index contributed by atoms with van der Waals surface area (Å²) in [6.45, 7) is 0.129. The number of hydrogen-bond donors (Lipinski definition) is 2. The van der Waals surface area contributed by atoms with Crippen LogP contribution in [-0.4, -0.2) is 29.1 Å². The van der Waals surface area contributed by atoms with Crippen LogP contribution in [0.5, 0.6) is 0 Å². The second kappa shape index (κ2) is 6.94. The van der Waals surface area contributed by atoms with Gasteiger partial charge in [0, 0.05) is 17.5 Å². The van der Waals surface area contributed by atoms with E-state index in [9.17, 15) is 4.79 Å². The Balaban J connectivity index is 1.94. The average Bonchev–Trinajstić information content (AvgIpc) is 2.70. The molecule has 4 aromatic rings. The van der Waals surface area contributed by atoms with Gasteiger partial charge in [0.25, 0.3) is 5.91 Å². The molecule has 3 aromatic carbocycles. The van der Waals surface area contributed by atoms with Crippen LogP contribution in [0.15, 0.2) is 72.8 Å². The van der Waals surface area contributed by atoms with E-state index in [4.69, 9.17) is 10.1 Å². The Morgan fingerprint density at radius 3 is 2.50 bits per heavy atom. The van der Waals surface area contributed by atoms with Gasteiger partial charge in [0.05, 0.1) is 23.4 Å². The summed E-state index contributed by atoms with van der Waals surface area (Å²) in [5.41, 5.74) is 3.08. The van der Waals surface area contributed by atoms with Crippen molar-refractivity contribution in [2.24, 2.45) is 0 Å². The summed E-state index contributed by atoms with van der Waals surface area (Å²) in [5, 5.41) is 14.8. The third kappa shape index (κ3) is 2.91. The Morgan fingerprint density at radius 1 is 0.923 bits per heavy atom. The molecule has 0 saturated heterocycles. The van der Waals surface area contributed by atoms with Crippen LogP contribution in [0.1, 0.15) is 10.4 Å². The summed E-state index contributed by atoms with van der Waals surface area (Å²) in [4.78, 5) is 17.4. The van der Waals surface area contributed by atoms with Crippen LogP contribution in [0.4, 0.5) is 0 Å². The van der Waals surface area contributed by atoms with Crippen molar-refractivity contribution in [3.63, 3.8) is 0 Å². The number of para-hydroxylation sites is 1. The number of hydrogen-bond acceptors (Lipinski definition) is 3. The van der Waals surface area contributed by atoms with Gasteiger partial charge in [-0.2, -0.15) is 0 Å². The van der Waals surface area contributed by atoms with Crippen molar-refractivity contribution < 1.29 is 9.90 Å². The minimum atomic E-state index is -0.209. The molecule has 0 unspecified atom stereocenters. The number of aromatic nitrogens is 1. The zero-order valence-corrected chi connectivity index (χ0v) is 14.1. The minimum absolute atomic E-state index is 0.0923. The Bertz CT molecular complexity index is 1100. The van der Waals surface area contributed by atoms with Crippen LogP contribution in [0.2, 0.25) is 0 Å². The zero-order chi connectivity index (χ0) is 17.9. The van der Waals surface area contributed by atoms with Crippen molar-refractivity contribution in [2.45, 2.75) is 0 Å². The number of carbonyl (C=O) groups is 1. The van der Waals surface area contributed by atoms with E-state index in [-0.39, 0.29) is 19.1 Å². The van der Waals surface area contributed by atoms with Crippen LogP contribution in [-0.2, 0) is 0 Å². The van der Waals surface area contributed by atoms with Gasteiger partial charge in [-0.3, -0.25) is 4.79 Å². The molecule has 4 heteroatoms. The highest BCUT2D eigenvalue weighted by molar-refractivity contribution is 6.08. The largest absolute Gasteiger partial charge is 0.395 e. The lowest BCUT2D eigenvalue weighted by molar-refractivity contribution is 0.0946. The number of rotatable bonds is 4. The summed E-state index contributed by atoms with van der Waals surface area (Å²) in [7, 11) is 0. The first-order chi connectivity index (χ1) is 12.8. The van der Waals surface area contributed by atoms with E-state index in [1.807, 2.05) is 54.6 Å². The van der Waals surface area contributed by atoms with Crippen molar-refractivity contribution in [3.8, 4) is 11.3 Å². The van der Waals surface area contributed by atoms with Gasteiger partial charge >= 0.3 is 0 Å². The quantitative estimate of drug-likeness (QED) is 0.593. The molecule has 0 atom stereocenters. The number of carbonyl (C=O) groups excluding carboxylic acids is 1. The number of aliphatic hydroxyl groups is 1. The molecule has 0 saturated carbocycles. The van der Waals surface area contributed by atoms with E-state index in [1.54, 1.807) is 0 Å². The second-order valence-electron chi connectivity index (χ2n) is 6.08. The van der Waals surface area contributed by atoms with Gasteiger partial charge in [-0.05, 0) is 22.9 Å². The van der Waals surface area contributed by atoms with E-state index in [1.165, 1.54) is 0 Å². The van der Waals surface area contributed by atoms with Gasteiger partial charge in [-0.15, -0.1) is 0 Å². The summed E-state index contributed by atoms with van der Waals surface area (Å²) < 4.78 is 0. The Kier molecular flexibility index (Phi) is 4.33. The summed E-state index contributed by atoms with van der Waals surface area (Å²) in [6, 6.07) is 23.7. The first-order valence-electron chi connectivity index (χ1n) is 8.55. The molecule has 1 aromatic heterocycles. The third-order valence-electron chi connectivity index (χ3n) is 4.42. The van der Waals surface area contributed by atoms with Crippen LogP contribution in [0.3, 0.4) is 0 Å². The molecule has 0 aliphatic rings. The lowest BCUT2D eigenvalue weighted by Crippen LogP contribution is -2.26. The maximum absolute atomic E-state index is 12.6. The van der Waals surface area contributed by atoms with Gasteiger partial charge in [0.1, 0.15) is 0 Å². The van der Waals surface area contributed by atoms with Crippen LogP contribution in [0, 0.1) is 0 Å². The number of nitrogens with zero attached hydrogens (tertiary/aromatic N) is 1. The highest BCUT2D eigenvalue weighted by atomic mass is 16.3. The number of benzene rings is 3.